The molecule has 23 heavy (non-hydrogen) atoms. The van der Waals surface area contributed by atoms with Gasteiger partial charge in [0, 0.05) is 16.1 Å². The molecular weight excluding hydrogens is 314 g/mol. The molecule has 0 aliphatic rings. The molecule has 118 valence electrons. The van der Waals surface area contributed by atoms with Crippen LogP contribution >= 0.6 is 11.8 Å². The van der Waals surface area contributed by atoms with Gasteiger partial charge in [0.05, 0.1) is 11.3 Å². The van der Waals surface area contributed by atoms with Gasteiger partial charge in [-0.25, -0.2) is 4.79 Å². The second kappa shape index (κ2) is 7.60. The molecule has 0 heterocycles. The van der Waals surface area contributed by atoms with Crippen molar-refractivity contribution in [2.75, 3.05) is 11.1 Å². The van der Waals surface area contributed by atoms with E-state index in [1.54, 1.807) is 42.5 Å². The summed E-state index contributed by atoms with van der Waals surface area (Å²) in [5.41, 5.74) is 1.34. The molecule has 0 aliphatic carbocycles. The van der Waals surface area contributed by atoms with E-state index in [2.05, 4.69) is 5.32 Å². The quantitative estimate of drug-likeness (QED) is 0.627. The zero-order chi connectivity index (χ0) is 16.8. The van der Waals surface area contributed by atoms with Crippen molar-refractivity contribution >= 4 is 35.1 Å². The third kappa shape index (κ3) is 4.69. The highest BCUT2D eigenvalue weighted by Crippen LogP contribution is 2.23. The van der Waals surface area contributed by atoms with Crippen molar-refractivity contribution < 1.29 is 19.5 Å². The zero-order valence-corrected chi connectivity index (χ0v) is 13.2. The van der Waals surface area contributed by atoms with Crippen LogP contribution in [-0.2, 0) is 4.79 Å². The van der Waals surface area contributed by atoms with Gasteiger partial charge in [0.15, 0.2) is 5.78 Å². The van der Waals surface area contributed by atoms with Crippen molar-refractivity contribution in [1.29, 1.82) is 0 Å². The number of carboxylic acids is 1. The largest absolute Gasteiger partial charge is 0.478 e. The summed E-state index contributed by atoms with van der Waals surface area (Å²) in [5.74, 6) is -1.21. The average Bonchev–Trinajstić information content (AvgIpc) is 2.53. The van der Waals surface area contributed by atoms with Gasteiger partial charge in [-0.3, -0.25) is 9.59 Å². The van der Waals surface area contributed by atoms with E-state index in [9.17, 15) is 14.4 Å². The number of hydrogen-bond donors (Lipinski definition) is 2. The van der Waals surface area contributed by atoms with Crippen LogP contribution in [0.15, 0.2) is 53.4 Å². The Morgan fingerprint density at radius 3 is 2.30 bits per heavy atom. The second-order valence-corrected chi connectivity index (χ2v) is 5.79. The summed E-state index contributed by atoms with van der Waals surface area (Å²) in [6.07, 6.45) is 0. The molecule has 2 aromatic carbocycles. The molecule has 2 aromatic rings. The lowest BCUT2D eigenvalue weighted by Gasteiger charge is -2.07. The fourth-order valence-electron chi connectivity index (χ4n) is 1.90. The Kier molecular flexibility index (Phi) is 5.54. The summed E-state index contributed by atoms with van der Waals surface area (Å²) in [4.78, 5) is 34.8. The van der Waals surface area contributed by atoms with Crippen LogP contribution in [0, 0.1) is 0 Å². The molecule has 0 saturated carbocycles. The van der Waals surface area contributed by atoms with E-state index in [1.807, 2.05) is 0 Å². The average molecular weight is 329 g/mol. The highest BCUT2D eigenvalue weighted by molar-refractivity contribution is 8.00. The number of ketones is 1. The third-order valence-electron chi connectivity index (χ3n) is 3.05. The van der Waals surface area contributed by atoms with E-state index in [-0.39, 0.29) is 23.0 Å². The fourth-order valence-corrected chi connectivity index (χ4v) is 2.74. The second-order valence-electron chi connectivity index (χ2n) is 4.77. The maximum Gasteiger partial charge on any atom is 0.336 e. The van der Waals surface area contributed by atoms with E-state index in [1.165, 1.54) is 13.0 Å². The first-order chi connectivity index (χ1) is 11.0. The van der Waals surface area contributed by atoms with Gasteiger partial charge in [-0.1, -0.05) is 12.1 Å². The van der Waals surface area contributed by atoms with E-state index < -0.39 is 5.97 Å². The van der Waals surface area contributed by atoms with Crippen LogP contribution in [0.1, 0.15) is 27.6 Å². The molecule has 2 rings (SSSR count). The van der Waals surface area contributed by atoms with Crippen molar-refractivity contribution in [3.8, 4) is 0 Å². The molecular formula is C17H15NO4S. The number of thioether (sulfide) groups is 1. The molecule has 1 amide bonds. The maximum atomic E-state index is 11.9. The molecule has 0 aliphatic heterocycles. The Morgan fingerprint density at radius 1 is 1.04 bits per heavy atom. The van der Waals surface area contributed by atoms with Crippen molar-refractivity contribution in [3.63, 3.8) is 0 Å². The predicted octanol–water partition coefficient (Wildman–Crippen LogP) is 3.32. The molecule has 0 radical (unpaired) electrons. The van der Waals surface area contributed by atoms with Gasteiger partial charge < -0.3 is 10.4 Å². The minimum atomic E-state index is -1.02. The van der Waals surface area contributed by atoms with Crippen LogP contribution in [0.4, 0.5) is 5.69 Å². The number of carbonyl (C=O) groups excluding carboxylic acids is 2. The third-order valence-corrected chi connectivity index (χ3v) is 4.12. The van der Waals surface area contributed by atoms with Gasteiger partial charge in [0.2, 0.25) is 5.91 Å². The van der Waals surface area contributed by atoms with Crippen molar-refractivity contribution in [2.24, 2.45) is 0 Å². The number of carboxylic acid groups (broad SMARTS) is 1. The molecule has 2 N–H and O–H groups in total. The molecule has 0 saturated heterocycles. The summed E-state index contributed by atoms with van der Waals surface area (Å²) in [6, 6.07) is 13.1. The van der Waals surface area contributed by atoms with Gasteiger partial charge in [-0.15, -0.1) is 11.8 Å². The van der Waals surface area contributed by atoms with E-state index in [4.69, 9.17) is 5.11 Å². The predicted molar refractivity (Wildman–Crippen MR) is 89.2 cm³/mol. The summed E-state index contributed by atoms with van der Waals surface area (Å²) in [7, 11) is 0. The number of rotatable bonds is 6. The van der Waals surface area contributed by atoms with Gasteiger partial charge in [-0.05, 0) is 43.3 Å². The lowest BCUT2D eigenvalue weighted by Crippen LogP contribution is -2.14. The number of carbonyl (C=O) groups is 3. The van der Waals surface area contributed by atoms with Crippen LogP contribution in [0.25, 0.3) is 0 Å². The highest BCUT2D eigenvalue weighted by atomic mass is 32.2. The topological polar surface area (TPSA) is 83.5 Å². The minimum Gasteiger partial charge on any atom is -0.478 e. The van der Waals surface area contributed by atoms with E-state index in [0.29, 0.717) is 16.1 Å². The first kappa shape index (κ1) is 16.8. The fraction of sp³-hybridized carbons (Fsp3) is 0.118. The van der Waals surface area contributed by atoms with Gasteiger partial charge in [0.1, 0.15) is 0 Å². The summed E-state index contributed by atoms with van der Waals surface area (Å²) < 4.78 is 0. The van der Waals surface area contributed by atoms with Gasteiger partial charge in [0.25, 0.3) is 0 Å². The molecule has 0 atom stereocenters. The maximum absolute atomic E-state index is 11.9. The van der Waals surface area contributed by atoms with E-state index >= 15 is 0 Å². The highest BCUT2D eigenvalue weighted by Gasteiger charge is 2.11. The summed E-state index contributed by atoms with van der Waals surface area (Å²) >= 11 is 1.16. The van der Waals surface area contributed by atoms with Crippen LogP contribution in [0.2, 0.25) is 0 Å². The van der Waals surface area contributed by atoms with Crippen molar-refractivity contribution in [1.82, 2.24) is 0 Å². The molecule has 0 fully saturated rings. The van der Waals surface area contributed by atoms with E-state index in [0.717, 1.165) is 11.8 Å². The SMILES string of the molecule is CC(=O)c1ccc(NC(=O)CSc2ccccc2C(=O)O)cc1. The minimum absolute atomic E-state index is 0.0382. The molecule has 6 heteroatoms. The molecule has 0 unspecified atom stereocenters. The number of anilines is 1. The Labute approximate surface area is 137 Å². The molecule has 5 nitrogen and oxygen atoms in total. The Hall–Kier alpha value is -2.60. The van der Waals surface area contributed by atoms with Crippen molar-refractivity contribution in [2.45, 2.75) is 11.8 Å². The summed E-state index contributed by atoms with van der Waals surface area (Å²) in [5, 5.41) is 11.8. The summed E-state index contributed by atoms with van der Waals surface area (Å²) in [6.45, 7) is 1.48. The number of hydrogen-bond acceptors (Lipinski definition) is 4. The normalized spacial score (nSPS) is 10.1. The standard InChI is InChI=1S/C17H15NO4S/c1-11(19)12-6-8-13(9-7-12)18-16(20)10-23-15-5-3-2-4-14(15)17(21)22/h2-9H,10H2,1H3,(H,18,20)(H,21,22). The Balaban J connectivity index is 1.95. The Morgan fingerprint density at radius 2 is 1.70 bits per heavy atom. The lowest BCUT2D eigenvalue weighted by molar-refractivity contribution is -0.113. The molecule has 0 bridgehead atoms. The lowest BCUT2D eigenvalue weighted by atomic mass is 10.1. The first-order valence-electron chi connectivity index (χ1n) is 6.83. The van der Waals surface area contributed by atoms with Crippen molar-refractivity contribution in [3.05, 3.63) is 59.7 Å². The van der Waals surface area contributed by atoms with Crippen LogP contribution in [0.5, 0.6) is 0 Å². The number of nitrogens with one attached hydrogen (secondary N) is 1. The smallest absolute Gasteiger partial charge is 0.336 e. The first-order valence-corrected chi connectivity index (χ1v) is 7.82. The van der Waals surface area contributed by atoms with Gasteiger partial charge in [-0.2, -0.15) is 0 Å². The number of Topliss-reactive ketones (excluding diaryl/α,β-unsaturated/α-hetero) is 1. The zero-order valence-electron chi connectivity index (χ0n) is 12.4. The molecule has 0 aromatic heterocycles. The van der Waals surface area contributed by atoms with Gasteiger partial charge >= 0.3 is 5.97 Å². The van der Waals surface area contributed by atoms with Crippen LogP contribution < -0.4 is 5.32 Å². The molecule has 0 spiro atoms. The number of benzene rings is 2. The monoisotopic (exact) mass is 329 g/mol. The Bertz CT molecular complexity index is 741. The van der Waals surface area contributed by atoms with Crippen LogP contribution in [0.3, 0.4) is 0 Å². The number of aromatic carboxylic acids is 1. The number of amides is 1. The van der Waals surface area contributed by atoms with Crippen LogP contribution in [-0.4, -0.2) is 28.5 Å².